The molecule has 1 atom stereocenters. The monoisotopic (exact) mass is 295 g/mol. The van der Waals surface area contributed by atoms with Gasteiger partial charge in [0.1, 0.15) is 5.82 Å². The number of imidazole rings is 1. The summed E-state index contributed by atoms with van der Waals surface area (Å²) in [5.41, 5.74) is 2.00. The number of carbonyl (C=O) groups is 1. The van der Waals surface area contributed by atoms with Crippen LogP contribution in [0.1, 0.15) is 37.9 Å². The fraction of sp³-hybridized carbons (Fsp3) is 0.444. The summed E-state index contributed by atoms with van der Waals surface area (Å²) < 4.78 is 2.08. The maximum atomic E-state index is 12.2. The fourth-order valence-corrected chi connectivity index (χ4v) is 3.17. The lowest BCUT2D eigenvalue weighted by atomic mass is 10.1. The Balaban J connectivity index is 1.92. The van der Waals surface area contributed by atoms with Gasteiger partial charge in [0.15, 0.2) is 0 Å². The lowest BCUT2D eigenvalue weighted by Gasteiger charge is -2.16. The molecule has 2 aromatic rings. The van der Waals surface area contributed by atoms with E-state index in [0.29, 0.717) is 13.0 Å². The van der Waals surface area contributed by atoms with Crippen molar-refractivity contribution < 1.29 is 4.79 Å². The largest absolute Gasteiger partial charge is 0.342 e. The number of rotatable bonds is 5. The third kappa shape index (κ3) is 2.59. The van der Waals surface area contributed by atoms with E-state index in [9.17, 15) is 4.79 Å². The van der Waals surface area contributed by atoms with Crippen LogP contribution in [0.15, 0.2) is 24.3 Å². The molecule has 1 aliphatic rings. The van der Waals surface area contributed by atoms with Gasteiger partial charge in [0.2, 0.25) is 5.91 Å². The van der Waals surface area contributed by atoms with E-state index in [1.165, 1.54) is 0 Å². The van der Waals surface area contributed by atoms with Crippen LogP contribution >= 0.6 is 0 Å². The highest BCUT2D eigenvalue weighted by Crippen LogP contribution is 2.30. The summed E-state index contributed by atoms with van der Waals surface area (Å²) in [6, 6.07) is 8.01. The highest BCUT2D eigenvalue weighted by atomic mass is 16.2. The third-order valence-corrected chi connectivity index (χ3v) is 4.29. The van der Waals surface area contributed by atoms with Gasteiger partial charge in [-0.05, 0) is 18.6 Å². The summed E-state index contributed by atoms with van der Waals surface area (Å²) in [5, 5.41) is 0. The van der Waals surface area contributed by atoms with Crippen LogP contribution in [-0.4, -0.2) is 33.4 Å². The fourth-order valence-electron chi connectivity index (χ4n) is 3.17. The number of likely N-dealkylation sites (tertiary alicyclic amines) is 1. The number of unbranched alkanes of at least 4 members (excludes halogenated alkanes) is 1. The van der Waals surface area contributed by atoms with Gasteiger partial charge in [-0.1, -0.05) is 31.4 Å². The van der Waals surface area contributed by atoms with Crippen LogP contribution < -0.4 is 0 Å². The number of terminal acetylenes is 1. The van der Waals surface area contributed by atoms with Crippen molar-refractivity contribution in [2.75, 3.05) is 13.1 Å². The second kappa shape index (κ2) is 6.23. The molecule has 22 heavy (non-hydrogen) atoms. The molecule has 1 unspecified atom stereocenters. The van der Waals surface area contributed by atoms with E-state index < -0.39 is 0 Å². The molecule has 1 aromatic heterocycles. The normalized spacial score (nSPS) is 18.1. The molecule has 3 rings (SSSR count). The van der Waals surface area contributed by atoms with E-state index in [2.05, 4.69) is 17.4 Å². The van der Waals surface area contributed by atoms with Crippen molar-refractivity contribution in [3.05, 3.63) is 30.1 Å². The first-order chi connectivity index (χ1) is 10.7. The Bertz CT molecular complexity index is 725. The zero-order valence-electron chi connectivity index (χ0n) is 13.0. The van der Waals surface area contributed by atoms with E-state index in [0.717, 1.165) is 42.8 Å². The van der Waals surface area contributed by atoms with Crippen molar-refractivity contribution in [1.29, 1.82) is 0 Å². The standard InChI is InChI=1S/C18H21N3O/c1-3-5-11-20-13-14(12-17(20)22)18-19-15-8-6-7-9-16(15)21(18)10-4-2/h2,6-9,14H,3,5,10-13H2,1H3. The van der Waals surface area contributed by atoms with Crippen molar-refractivity contribution in [3.63, 3.8) is 0 Å². The SMILES string of the molecule is C#CCn1c(C2CC(=O)N(CCCC)C2)nc2ccccc21. The smallest absolute Gasteiger partial charge is 0.223 e. The van der Waals surface area contributed by atoms with Gasteiger partial charge in [-0.3, -0.25) is 4.79 Å². The topological polar surface area (TPSA) is 38.1 Å². The highest BCUT2D eigenvalue weighted by molar-refractivity contribution is 5.81. The molecule has 1 amide bonds. The summed E-state index contributed by atoms with van der Waals surface area (Å²) in [6.45, 7) is 4.24. The molecular weight excluding hydrogens is 274 g/mol. The lowest BCUT2D eigenvalue weighted by molar-refractivity contribution is -0.127. The summed E-state index contributed by atoms with van der Waals surface area (Å²) >= 11 is 0. The zero-order valence-corrected chi connectivity index (χ0v) is 13.0. The quantitative estimate of drug-likeness (QED) is 0.796. The lowest BCUT2D eigenvalue weighted by Crippen LogP contribution is -2.26. The average molecular weight is 295 g/mol. The first kappa shape index (κ1) is 14.6. The van der Waals surface area contributed by atoms with Gasteiger partial charge in [0.25, 0.3) is 0 Å². The number of aromatic nitrogens is 2. The molecule has 0 spiro atoms. The van der Waals surface area contributed by atoms with Crippen molar-refractivity contribution >= 4 is 16.9 Å². The van der Waals surface area contributed by atoms with Crippen LogP contribution in [0.25, 0.3) is 11.0 Å². The molecule has 0 saturated carbocycles. The summed E-state index contributed by atoms with van der Waals surface area (Å²) in [4.78, 5) is 18.9. The molecule has 1 aromatic carbocycles. The number of hydrogen-bond acceptors (Lipinski definition) is 2. The predicted molar refractivity (Wildman–Crippen MR) is 87.4 cm³/mol. The van der Waals surface area contributed by atoms with E-state index in [-0.39, 0.29) is 11.8 Å². The molecule has 114 valence electrons. The first-order valence-electron chi connectivity index (χ1n) is 7.91. The van der Waals surface area contributed by atoms with E-state index >= 15 is 0 Å². The number of hydrogen-bond donors (Lipinski definition) is 0. The molecule has 1 saturated heterocycles. The van der Waals surface area contributed by atoms with Crippen LogP contribution in [0.2, 0.25) is 0 Å². The Morgan fingerprint density at radius 3 is 3.00 bits per heavy atom. The molecule has 1 aliphatic heterocycles. The number of para-hydroxylation sites is 2. The van der Waals surface area contributed by atoms with E-state index in [1.54, 1.807) is 0 Å². The van der Waals surface area contributed by atoms with Crippen molar-refractivity contribution in [3.8, 4) is 12.3 Å². The second-order valence-corrected chi connectivity index (χ2v) is 5.84. The van der Waals surface area contributed by atoms with Gasteiger partial charge in [0, 0.05) is 25.4 Å². The molecule has 4 heteroatoms. The van der Waals surface area contributed by atoms with Crippen LogP contribution in [0.3, 0.4) is 0 Å². The Labute approximate surface area is 131 Å². The highest BCUT2D eigenvalue weighted by Gasteiger charge is 2.33. The van der Waals surface area contributed by atoms with E-state index in [1.807, 2.05) is 29.2 Å². The number of amides is 1. The molecule has 0 aliphatic carbocycles. The maximum Gasteiger partial charge on any atom is 0.223 e. The predicted octanol–water partition coefficient (Wildman–Crippen LogP) is 2.79. The van der Waals surface area contributed by atoms with Gasteiger partial charge < -0.3 is 9.47 Å². The molecule has 1 fully saturated rings. The number of nitrogens with zero attached hydrogens (tertiary/aromatic N) is 3. The first-order valence-corrected chi connectivity index (χ1v) is 7.91. The van der Waals surface area contributed by atoms with Crippen molar-refractivity contribution in [2.45, 2.75) is 38.6 Å². The molecule has 0 radical (unpaired) electrons. The van der Waals surface area contributed by atoms with Crippen LogP contribution in [0.4, 0.5) is 0 Å². The maximum absolute atomic E-state index is 12.2. The molecular formula is C18H21N3O. The number of benzene rings is 1. The molecule has 0 N–H and O–H groups in total. The molecule has 0 bridgehead atoms. The minimum absolute atomic E-state index is 0.144. The Kier molecular flexibility index (Phi) is 4.15. The second-order valence-electron chi connectivity index (χ2n) is 5.84. The average Bonchev–Trinajstić information content (AvgIpc) is 3.07. The summed E-state index contributed by atoms with van der Waals surface area (Å²) in [6.07, 6.45) is 8.22. The van der Waals surface area contributed by atoms with Gasteiger partial charge in [-0.2, -0.15) is 0 Å². The summed E-state index contributed by atoms with van der Waals surface area (Å²) in [7, 11) is 0. The van der Waals surface area contributed by atoms with Gasteiger partial charge in [0.05, 0.1) is 17.6 Å². The van der Waals surface area contributed by atoms with Crippen LogP contribution in [0, 0.1) is 12.3 Å². The Morgan fingerprint density at radius 1 is 1.41 bits per heavy atom. The molecule has 2 heterocycles. The third-order valence-electron chi connectivity index (χ3n) is 4.29. The van der Waals surface area contributed by atoms with Crippen molar-refractivity contribution in [2.24, 2.45) is 0 Å². The minimum Gasteiger partial charge on any atom is -0.342 e. The van der Waals surface area contributed by atoms with E-state index in [4.69, 9.17) is 11.4 Å². The van der Waals surface area contributed by atoms with Crippen molar-refractivity contribution in [1.82, 2.24) is 14.5 Å². The van der Waals surface area contributed by atoms with Crippen LogP contribution in [-0.2, 0) is 11.3 Å². The van der Waals surface area contributed by atoms with Gasteiger partial charge in [-0.25, -0.2) is 4.98 Å². The zero-order chi connectivity index (χ0) is 15.5. The number of carbonyl (C=O) groups excluding carboxylic acids is 1. The Hall–Kier alpha value is -2.28. The minimum atomic E-state index is 0.144. The number of fused-ring (bicyclic) bond motifs is 1. The van der Waals surface area contributed by atoms with Gasteiger partial charge >= 0.3 is 0 Å². The Morgan fingerprint density at radius 2 is 2.23 bits per heavy atom. The van der Waals surface area contributed by atoms with Crippen LogP contribution in [0.5, 0.6) is 0 Å². The molecule has 4 nitrogen and oxygen atoms in total. The van der Waals surface area contributed by atoms with Gasteiger partial charge in [-0.15, -0.1) is 6.42 Å². The summed E-state index contributed by atoms with van der Waals surface area (Å²) in [5.74, 6) is 4.04.